The van der Waals surface area contributed by atoms with Crippen LogP contribution in [0, 0.1) is 0 Å². The molecule has 0 radical (unpaired) electrons. The summed E-state index contributed by atoms with van der Waals surface area (Å²) >= 11 is 5.86. The quantitative estimate of drug-likeness (QED) is 0.862. The van der Waals surface area contributed by atoms with E-state index in [1.807, 2.05) is 0 Å². The SMILES string of the molecule is O=S(=O)(c1cccc(Cl)c1)N1CCC(n2ccnn2)C1. The van der Waals surface area contributed by atoms with Crippen LogP contribution < -0.4 is 0 Å². The molecular formula is C12H13ClN4O2S. The Morgan fingerprint density at radius 1 is 1.35 bits per heavy atom. The lowest BCUT2D eigenvalue weighted by Crippen LogP contribution is -2.29. The van der Waals surface area contributed by atoms with E-state index in [4.69, 9.17) is 11.6 Å². The van der Waals surface area contributed by atoms with Crippen LogP contribution >= 0.6 is 11.6 Å². The lowest BCUT2D eigenvalue weighted by atomic mass is 10.3. The first kappa shape index (κ1) is 13.5. The summed E-state index contributed by atoms with van der Waals surface area (Å²) in [7, 11) is -3.50. The van der Waals surface area contributed by atoms with E-state index in [1.54, 1.807) is 35.3 Å². The summed E-state index contributed by atoms with van der Waals surface area (Å²) in [6.07, 6.45) is 4.07. The molecule has 8 heteroatoms. The van der Waals surface area contributed by atoms with Crippen molar-refractivity contribution < 1.29 is 8.42 Å². The molecular weight excluding hydrogens is 300 g/mol. The zero-order valence-electron chi connectivity index (χ0n) is 10.6. The molecule has 1 aromatic heterocycles. The van der Waals surface area contributed by atoms with Gasteiger partial charge >= 0.3 is 0 Å². The van der Waals surface area contributed by atoms with E-state index in [0.717, 1.165) is 6.42 Å². The maximum Gasteiger partial charge on any atom is 0.243 e. The highest BCUT2D eigenvalue weighted by Crippen LogP contribution is 2.27. The fourth-order valence-corrected chi connectivity index (χ4v) is 4.13. The highest BCUT2D eigenvalue weighted by Gasteiger charge is 2.33. The minimum absolute atomic E-state index is 0.0338. The lowest BCUT2D eigenvalue weighted by Gasteiger charge is -2.16. The summed E-state index contributed by atoms with van der Waals surface area (Å²) in [6, 6.07) is 6.36. The molecule has 6 nitrogen and oxygen atoms in total. The Morgan fingerprint density at radius 3 is 2.90 bits per heavy atom. The highest BCUT2D eigenvalue weighted by molar-refractivity contribution is 7.89. The fraction of sp³-hybridized carbons (Fsp3) is 0.333. The smallest absolute Gasteiger partial charge is 0.243 e. The van der Waals surface area contributed by atoms with Crippen LogP contribution in [0.3, 0.4) is 0 Å². The summed E-state index contributed by atoms with van der Waals surface area (Å²) in [6.45, 7) is 0.873. The first-order chi connectivity index (χ1) is 9.57. The molecule has 3 rings (SSSR count). The molecule has 0 aliphatic carbocycles. The molecule has 0 saturated carbocycles. The third kappa shape index (κ3) is 2.44. The van der Waals surface area contributed by atoms with Gasteiger partial charge in [-0.05, 0) is 24.6 Å². The second-order valence-electron chi connectivity index (χ2n) is 4.65. The minimum atomic E-state index is -3.50. The first-order valence-corrected chi connectivity index (χ1v) is 8.01. The predicted octanol–water partition coefficient (Wildman–Crippen LogP) is 1.57. The van der Waals surface area contributed by atoms with Crippen molar-refractivity contribution in [2.45, 2.75) is 17.4 Å². The van der Waals surface area contributed by atoms with E-state index in [2.05, 4.69) is 10.3 Å². The predicted molar refractivity (Wildman–Crippen MR) is 73.9 cm³/mol. The van der Waals surface area contributed by atoms with Gasteiger partial charge in [0.2, 0.25) is 10.0 Å². The van der Waals surface area contributed by atoms with Crippen molar-refractivity contribution in [1.82, 2.24) is 19.3 Å². The largest absolute Gasteiger partial charge is 0.248 e. The van der Waals surface area contributed by atoms with Crippen molar-refractivity contribution in [3.63, 3.8) is 0 Å². The average Bonchev–Trinajstić information content (AvgIpc) is 3.10. The molecule has 1 saturated heterocycles. The van der Waals surface area contributed by atoms with Crippen molar-refractivity contribution in [1.29, 1.82) is 0 Å². The summed E-state index contributed by atoms with van der Waals surface area (Å²) < 4.78 is 28.2. The van der Waals surface area contributed by atoms with Crippen molar-refractivity contribution >= 4 is 21.6 Å². The zero-order valence-corrected chi connectivity index (χ0v) is 12.1. The molecule has 0 amide bonds. The molecule has 1 aromatic carbocycles. The number of rotatable bonds is 3. The van der Waals surface area contributed by atoms with Gasteiger partial charge in [-0.1, -0.05) is 22.9 Å². The monoisotopic (exact) mass is 312 g/mol. The average molecular weight is 313 g/mol. The van der Waals surface area contributed by atoms with Gasteiger partial charge in [0, 0.05) is 24.3 Å². The van der Waals surface area contributed by atoms with Gasteiger partial charge in [-0.2, -0.15) is 4.31 Å². The van der Waals surface area contributed by atoms with Gasteiger partial charge in [-0.15, -0.1) is 5.10 Å². The van der Waals surface area contributed by atoms with Crippen LogP contribution in [0.4, 0.5) is 0 Å². The molecule has 1 unspecified atom stereocenters. The van der Waals surface area contributed by atoms with Crippen molar-refractivity contribution in [2.24, 2.45) is 0 Å². The standard InChI is InChI=1S/C12H13ClN4O2S/c13-10-2-1-3-12(8-10)20(18,19)16-6-4-11(9-16)17-7-5-14-15-17/h1-3,5,7-8,11H,4,6,9H2. The third-order valence-corrected chi connectivity index (χ3v) is 5.47. The molecule has 1 atom stereocenters. The Kier molecular flexibility index (Phi) is 3.49. The van der Waals surface area contributed by atoms with Crippen LogP contribution in [0.25, 0.3) is 0 Å². The number of benzene rings is 1. The van der Waals surface area contributed by atoms with E-state index >= 15 is 0 Å². The topological polar surface area (TPSA) is 68.1 Å². The van der Waals surface area contributed by atoms with Crippen LogP contribution in [0.5, 0.6) is 0 Å². The maximum absolute atomic E-state index is 12.5. The molecule has 1 aliphatic heterocycles. The number of hydrogen-bond donors (Lipinski definition) is 0. The highest BCUT2D eigenvalue weighted by atomic mass is 35.5. The van der Waals surface area contributed by atoms with Crippen LogP contribution in [0.1, 0.15) is 12.5 Å². The van der Waals surface area contributed by atoms with Crippen LogP contribution in [-0.4, -0.2) is 40.8 Å². The number of aromatic nitrogens is 3. The zero-order chi connectivity index (χ0) is 14.2. The van der Waals surface area contributed by atoms with E-state index < -0.39 is 10.0 Å². The molecule has 2 heterocycles. The maximum atomic E-state index is 12.5. The molecule has 2 aromatic rings. The van der Waals surface area contributed by atoms with Crippen LogP contribution in [0.15, 0.2) is 41.6 Å². The van der Waals surface area contributed by atoms with Crippen molar-refractivity contribution in [2.75, 3.05) is 13.1 Å². The van der Waals surface area contributed by atoms with Gasteiger partial charge in [-0.25, -0.2) is 13.1 Å². The van der Waals surface area contributed by atoms with Gasteiger partial charge in [0.1, 0.15) is 0 Å². The van der Waals surface area contributed by atoms with E-state index in [-0.39, 0.29) is 10.9 Å². The van der Waals surface area contributed by atoms with Crippen molar-refractivity contribution in [3.05, 3.63) is 41.7 Å². The Balaban J connectivity index is 1.83. The number of sulfonamides is 1. The molecule has 0 bridgehead atoms. The number of nitrogens with zero attached hydrogens (tertiary/aromatic N) is 4. The second kappa shape index (κ2) is 5.16. The Labute approximate surface area is 122 Å². The Bertz CT molecular complexity index is 702. The summed E-state index contributed by atoms with van der Waals surface area (Å²) in [5, 5.41) is 8.09. The summed E-state index contributed by atoms with van der Waals surface area (Å²) in [4.78, 5) is 0.226. The third-order valence-electron chi connectivity index (χ3n) is 3.38. The van der Waals surface area contributed by atoms with Crippen LogP contribution in [-0.2, 0) is 10.0 Å². The lowest BCUT2D eigenvalue weighted by molar-refractivity contribution is 0.428. The molecule has 0 spiro atoms. The van der Waals surface area contributed by atoms with Gasteiger partial charge in [-0.3, -0.25) is 0 Å². The van der Waals surface area contributed by atoms with E-state index in [1.165, 1.54) is 10.4 Å². The molecule has 1 aliphatic rings. The number of hydrogen-bond acceptors (Lipinski definition) is 4. The van der Waals surface area contributed by atoms with E-state index in [0.29, 0.717) is 18.1 Å². The van der Waals surface area contributed by atoms with Crippen LogP contribution in [0.2, 0.25) is 5.02 Å². The van der Waals surface area contributed by atoms with E-state index in [9.17, 15) is 8.42 Å². The van der Waals surface area contributed by atoms with Gasteiger partial charge in [0.05, 0.1) is 17.1 Å². The number of halogens is 1. The first-order valence-electron chi connectivity index (χ1n) is 6.19. The summed E-state index contributed by atoms with van der Waals surface area (Å²) in [5.41, 5.74) is 0. The molecule has 106 valence electrons. The Hall–Kier alpha value is -1.44. The van der Waals surface area contributed by atoms with Gasteiger partial charge in [0.25, 0.3) is 0 Å². The minimum Gasteiger partial charge on any atom is -0.248 e. The normalized spacial score (nSPS) is 20.4. The van der Waals surface area contributed by atoms with Gasteiger partial charge in [0.15, 0.2) is 0 Å². The molecule has 20 heavy (non-hydrogen) atoms. The molecule has 0 N–H and O–H groups in total. The van der Waals surface area contributed by atoms with Crippen molar-refractivity contribution in [3.8, 4) is 0 Å². The summed E-state index contributed by atoms with van der Waals surface area (Å²) in [5.74, 6) is 0. The molecule has 1 fully saturated rings. The second-order valence-corrected chi connectivity index (χ2v) is 7.02. The fourth-order valence-electron chi connectivity index (χ4n) is 2.33. The Morgan fingerprint density at radius 2 is 2.20 bits per heavy atom. The van der Waals surface area contributed by atoms with Gasteiger partial charge < -0.3 is 0 Å².